The molecule has 5 nitrogen and oxygen atoms in total. The SMILES string of the molecule is Cc1c(C(=O)N2CC(O)C2)cnn1C. The molecule has 0 unspecified atom stereocenters. The molecule has 5 heteroatoms. The average Bonchev–Trinajstić information content (AvgIpc) is 2.42. The van der Waals surface area contributed by atoms with E-state index in [0.717, 1.165) is 5.69 Å². The van der Waals surface area contributed by atoms with E-state index < -0.39 is 0 Å². The molecule has 14 heavy (non-hydrogen) atoms. The molecule has 1 fully saturated rings. The highest BCUT2D eigenvalue weighted by molar-refractivity contribution is 5.95. The van der Waals surface area contributed by atoms with Gasteiger partial charge >= 0.3 is 0 Å². The number of rotatable bonds is 1. The average molecular weight is 195 g/mol. The Balaban J connectivity index is 2.16. The van der Waals surface area contributed by atoms with Crippen LogP contribution in [0.3, 0.4) is 0 Å². The molecule has 2 heterocycles. The zero-order valence-electron chi connectivity index (χ0n) is 8.27. The Morgan fingerprint density at radius 2 is 2.29 bits per heavy atom. The number of carbonyl (C=O) groups is 1. The minimum Gasteiger partial charge on any atom is -0.389 e. The quantitative estimate of drug-likeness (QED) is 0.660. The van der Waals surface area contributed by atoms with Crippen LogP contribution in [0.1, 0.15) is 16.1 Å². The van der Waals surface area contributed by atoms with Gasteiger partial charge in [0.25, 0.3) is 5.91 Å². The van der Waals surface area contributed by atoms with Gasteiger partial charge < -0.3 is 10.0 Å². The van der Waals surface area contributed by atoms with Crippen molar-refractivity contribution < 1.29 is 9.90 Å². The minimum absolute atomic E-state index is 0.0408. The second-order valence-corrected chi connectivity index (χ2v) is 3.63. The Morgan fingerprint density at radius 3 is 2.71 bits per heavy atom. The lowest BCUT2D eigenvalue weighted by Gasteiger charge is -2.35. The van der Waals surface area contributed by atoms with Gasteiger partial charge in [0.15, 0.2) is 0 Å². The van der Waals surface area contributed by atoms with Gasteiger partial charge in [-0.15, -0.1) is 0 Å². The Labute approximate surface area is 81.9 Å². The smallest absolute Gasteiger partial charge is 0.257 e. The summed E-state index contributed by atoms with van der Waals surface area (Å²) in [5.74, 6) is -0.0408. The number of aromatic nitrogens is 2. The highest BCUT2D eigenvalue weighted by atomic mass is 16.3. The lowest BCUT2D eigenvalue weighted by atomic mass is 10.1. The molecule has 1 saturated heterocycles. The van der Waals surface area contributed by atoms with Crippen LogP contribution in [0.15, 0.2) is 6.20 Å². The van der Waals surface area contributed by atoms with Crippen LogP contribution in [0.5, 0.6) is 0 Å². The molecule has 2 rings (SSSR count). The molecule has 0 radical (unpaired) electrons. The molecule has 1 aliphatic rings. The molecule has 1 amide bonds. The van der Waals surface area contributed by atoms with Crippen molar-refractivity contribution in [1.82, 2.24) is 14.7 Å². The van der Waals surface area contributed by atoms with Gasteiger partial charge in [-0.25, -0.2) is 0 Å². The summed E-state index contributed by atoms with van der Waals surface area (Å²) in [6.45, 7) is 2.73. The van der Waals surface area contributed by atoms with Crippen molar-refractivity contribution in [2.24, 2.45) is 7.05 Å². The van der Waals surface area contributed by atoms with Crippen molar-refractivity contribution in [2.45, 2.75) is 13.0 Å². The Morgan fingerprint density at radius 1 is 1.64 bits per heavy atom. The predicted octanol–water partition coefficient (Wildman–Crippen LogP) is -0.455. The van der Waals surface area contributed by atoms with Crippen LogP contribution >= 0.6 is 0 Å². The van der Waals surface area contributed by atoms with Crippen LogP contribution in [0.2, 0.25) is 0 Å². The lowest BCUT2D eigenvalue weighted by molar-refractivity contribution is 0.00583. The number of β-amino-alcohol motifs (C(OH)–C–C–N with tert-alkyl or cyclic N) is 1. The Kier molecular flexibility index (Phi) is 2.03. The van der Waals surface area contributed by atoms with Gasteiger partial charge in [0.05, 0.1) is 17.9 Å². The van der Waals surface area contributed by atoms with Crippen molar-refractivity contribution >= 4 is 5.91 Å². The first kappa shape index (κ1) is 9.21. The number of aliphatic hydroxyl groups is 1. The summed E-state index contributed by atoms with van der Waals surface area (Å²) in [5, 5.41) is 13.1. The van der Waals surface area contributed by atoms with Crippen molar-refractivity contribution in [3.63, 3.8) is 0 Å². The number of likely N-dealkylation sites (tertiary alicyclic amines) is 1. The van der Waals surface area contributed by atoms with Crippen molar-refractivity contribution in [2.75, 3.05) is 13.1 Å². The minimum atomic E-state index is -0.351. The number of hydrogen-bond donors (Lipinski definition) is 1. The van der Waals surface area contributed by atoms with E-state index in [-0.39, 0.29) is 12.0 Å². The summed E-state index contributed by atoms with van der Waals surface area (Å²) in [6.07, 6.45) is 1.22. The molecular weight excluding hydrogens is 182 g/mol. The maximum Gasteiger partial charge on any atom is 0.257 e. The number of nitrogens with zero attached hydrogens (tertiary/aromatic N) is 3. The summed E-state index contributed by atoms with van der Waals surface area (Å²) in [4.78, 5) is 13.4. The highest BCUT2D eigenvalue weighted by Crippen LogP contribution is 2.15. The number of hydrogen-bond acceptors (Lipinski definition) is 3. The predicted molar refractivity (Wildman–Crippen MR) is 49.9 cm³/mol. The van der Waals surface area contributed by atoms with Gasteiger partial charge in [-0.3, -0.25) is 9.48 Å². The van der Waals surface area contributed by atoms with E-state index in [1.54, 1.807) is 22.8 Å². The molecule has 1 aromatic heterocycles. The molecule has 0 spiro atoms. The van der Waals surface area contributed by atoms with Gasteiger partial charge in [0, 0.05) is 25.8 Å². The molecule has 1 aliphatic heterocycles. The normalized spacial score (nSPS) is 16.9. The number of carbonyl (C=O) groups excluding carboxylic acids is 1. The Hall–Kier alpha value is -1.36. The van der Waals surface area contributed by atoms with E-state index in [2.05, 4.69) is 5.10 Å². The van der Waals surface area contributed by atoms with Crippen molar-refractivity contribution in [3.8, 4) is 0 Å². The monoisotopic (exact) mass is 195 g/mol. The van der Waals surface area contributed by atoms with Gasteiger partial charge in [0.1, 0.15) is 0 Å². The van der Waals surface area contributed by atoms with Crippen LogP contribution < -0.4 is 0 Å². The summed E-state index contributed by atoms with van der Waals surface area (Å²) in [5.41, 5.74) is 1.48. The van der Waals surface area contributed by atoms with E-state index in [4.69, 9.17) is 5.11 Å². The Bertz CT molecular complexity index is 366. The maximum atomic E-state index is 11.8. The van der Waals surface area contributed by atoms with E-state index in [1.165, 1.54) is 0 Å². The van der Waals surface area contributed by atoms with E-state index in [0.29, 0.717) is 18.7 Å². The highest BCUT2D eigenvalue weighted by Gasteiger charge is 2.30. The van der Waals surface area contributed by atoms with Gasteiger partial charge in [-0.2, -0.15) is 5.10 Å². The van der Waals surface area contributed by atoms with Crippen LogP contribution in [0.4, 0.5) is 0 Å². The van der Waals surface area contributed by atoms with Crippen molar-refractivity contribution in [1.29, 1.82) is 0 Å². The van der Waals surface area contributed by atoms with Gasteiger partial charge in [-0.05, 0) is 6.92 Å². The molecule has 0 saturated carbocycles. The second kappa shape index (κ2) is 3.09. The standard InChI is InChI=1S/C9H13N3O2/c1-6-8(3-10-11(6)2)9(14)12-4-7(13)5-12/h3,7,13H,4-5H2,1-2H3. The number of aryl methyl sites for hydroxylation is 1. The molecule has 1 N–H and O–H groups in total. The fourth-order valence-electron chi connectivity index (χ4n) is 1.50. The van der Waals surface area contributed by atoms with Crippen LogP contribution in [0.25, 0.3) is 0 Å². The van der Waals surface area contributed by atoms with Crippen molar-refractivity contribution in [3.05, 3.63) is 17.5 Å². The zero-order chi connectivity index (χ0) is 10.3. The maximum absolute atomic E-state index is 11.8. The summed E-state index contributed by atoms with van der Waals surface area (Å²) in [6, 6.07) is 0. The molecule has 1 aromatic rings. The third-order valence-electron chi connectivity index (χ3n) is 2.62. The first-order valence-corrected chi connectivity index (χ1v) is 4.55. The van der Waals surface area contributed by atoms with E-state index in [1.807, 2.05) is 6.92 Å². The van der Waals surface area contributed by atoms with Crippen LogP contribution in [-0.4, -0.2) is 44.9 Å². The fourth-order valence-corrected chi connectivity index (χ4v) is 1.50. The topological polar surface area (TPSA) is 58.4 Å². The van der Waals surface area contributed by atoms with Crippen LogP contribution in [0, 0.1) is 6.92 Å². The lowest BCUT2D eigenvalue weighted by Crippen LogP contribution is -2.53. The first-order valence-electron chi connectivity index (χ1n) is 4.55. The molecule has 0 aromatic carbocycles. The number of aliphatic hydroxyl groups excluding tert-OH is 1. The van der Waals surface area contributed by atoms with E-state index >= 15 is 0 Å². The summed E-state index contributed by atoms with van der Waals surface area (Å²) < 4.78 is 1.67. The zero-order valence-corrected chi connectivity index (χ0v) is 8.27. The largest absolute Gasteiger partial charge is 0.389 e. The third-order valence-corrected chi connectivity index (χ3v) is 2.62. The molecule has 0 aliphatic carbocycles. The first-order chi connectivity index (χ1) is 6.59. The number of amides is 1. The summed E-state index contributed by atoms with van der Waals surface area (Å²) >= 11 is 0. The molecule has 76 valence electrons. The molecular formula is C9H13N3O2. The summed E-state index contributed by atoms with van der Waals surface area (Å²) in [7, 11) is 1.80. The van der Waals surface area contributed by atoms with Crippen LogP contribution in [-0.2, 0) is 7.05 Å². The van der Waals surface area contributed by atoms with E-state index in [9.17, 15) is 4.79 Å². The third kappa shape index (κ3) is 1.29. The molecule has 0 bridgehead atoms. The van der Waals surface area contributed by atoms with Gasteiger partial charge in [-0.1, -0.05) is 0 Å². The van der Waals surface area contributed by atoms with Gasteiger partial charge in [0.2, 0.25) is 0 Å². The fraction of sp³-hybridized carbons (Fsp3) is 0.556. The second-order valence-electron chi connectivity index (χ2n) is 3.63. The molecule has 0 atom stereocenters.